The maximum Gasteiger partial charge on any atom is 0.343 e. The second-order valence-electron chi connectivity index (χ2n) is 7.02. The van der Waals surface area contributed by atoms with E-state index < -0.39 is 5.97 Å². The summed E-state index contributed by atoms with van der Waals surface area (Å²) < 4.78 is 11.0. The Morgan fingerprint density at radius 2 is 1.61 bits per heavy atom. The van der Waals surface area contributed by atoms with Gasteiger partial charge in [0.1, 0.15) is 11.5 Å². The first-order chi connectivity index (χ1) is 16.1. The Labute approximate surface area is 195 Å². The highest BCUT2D eigenvalue weighted by atomic mass is 35.5. The van der Waals surface area contributed by atoms with Crippen LogP contribution in [0, 0.1) is 0 Å². The number of carbonyl (C=O) groups is 2. The van der Waals surface area contributed by atoms with Gasteiger partial charge in [-0.1, -0.05) is 48.0 Å². The van der Waals surface area contributed by atoms with Crippen molar-refractivity contribution >= 4 is 40.5 Å². The number of nitrogens with zero attached hydrogens (tertiary/aromatic N) is 1. The summed E-state index contributed by atoms with van der Waals surface area (Å²) in [6.07, 6.45) is 1.49. The first-order valence-electron chi connectivity index (χ1n) is 10.1. The van der Waals surface area contributed by atoms with Gasteiger partial charge < -0.3 is 9.47 Å². The summed E-state index contributed by atoms with van der Waals surface area (Å²) in [5.74, 6) is 0.162. The third-order valence-electron chi connectivity index (χ3n) is 4.68. The Kier molecular flexibility index (Phi) is 6.97. The molecule has 0 bridgehead atoms. The average Bonchev–Trinajstić information content (AvgIpc) is 2.84. The predicted molar refractivity (Wildman–Crippen MR) is 128 cm³/mol. The zero-order chi connectivity index (χ0) is 23.0. The van der Waals surface area contributed by atoms with Crippen molar-refractivity contribution in [2.45, 2.75) is 0 Å². The van der Waals surface area contributed by atoms with Crippen LogP contribution < -0.4 is 14.9 Å². The van der Waals surface area contributed by atoms with Crippen molar-refractivity contribution in [3.8, 4) is 11.5 Å². The number of hydrazone groups is 1. The third-order valence-corrected chi connectivity index (χ3v) is 4.93. The SMILES string of the molecule is O=C(COc1cccc2ccccc12)NN=Cc1ccc(OC(=O)c2ccc(Cl)cc2)cc1. The van der Waals surface area contributed by atoms with Crippen molar-refractivity contribution in [1.29, 1.82) is 0 Å². The molecule has 33 heavy (non-hydrogen) atoms. The van der Waals surface area contributed by atoms with Crippen LogP contribution in [0.1, 0.15) is 15.9 Å². The van der Waals surface area contributed by atoms with Crippen molar-refractivity contribution in [2.75, 3.05) is 6.61 Å². The number of halogens is 1. The molecule has 1 N–H and O–H groups in total. The number of fused-ring (bicyclic) bond motifs is 1. The van der Waals surface area contributed by atoms with E-state index in [-0.39, 0.29) is 12.5 Å². The number of carbonyl (C=O) groups excluding carboxylic acids is 2. The molecule has 0 aliphatic heterocycles. The molecule has 4 rings (SSSR count). The lowest BCUT2D eigenvalue weighted by atomic mass is 10.1. The molecule has 0 aliphatic rings. The molecule has 0 radical (unpaired) electrons. The number of esters is 1. The predicted octanol–water partition coefficient (Wildman–Crippen LogP) is 5.24. The van der Waals surface area contributed by atoms with E-state index in [1.165, 1.54) is 6.21 Å². The van der Waals surface area contributed by atoms with Crippen LogP contribution in [0.15, 0.2) is 96.1 Å². The lowest BCUT2D eigenvalue weighted by molar-refractivity contribution is -0.123. The van der Waals surface area contributed by atoms with Crippen LogP contribution in [0.2, 0.25) is 5.02 Å². The van der Waals surface area contributed by atoms with Gasteiger partial charge in [0.15, 0.2) is 6.61 Å². The van der Waals surface area contributed by atoms with Crippen LogP contribution in [0.25, 0.3) is 10.8 Å². The number of amides is 1. The molecule has 4 aromatic carbocycles. The molecule has 7 heteroatoms. The van der Waals surface area contributed by atoms with Gasteiger partial charge in [-0.15, -0.1) is 0 Å². The maximum absolute atomic E-state index is 12.1. The second-order valence-corrected chi connectivity index (χ2v) is 7.46. The van der Waals surface area contributed by atoms with Crippen LogP contribution in [0.5, 0.6) is 11.5 Å². The fraction of sp³-hybridized carbons (Fsp3) is 0.0385. The Morgan fingerprint density at radius 3 is 2.39 bits per heavy atom. The highest BCUT2D eigenvalue weighted by Crippen LogP contribution is 2.25. The third kappa shape index (κ3) is 5.96. The molecule has 0 heterocycles. The van der Waals surface area contributed by atoms with Gasteiger partial charge in [-0.25, -0.2) is 10.2 Å². The Balaban J connectivity index is 1.27. The summed E-state index contributed by atoms with van der Waals surface area (Å²) >= 11 is 5.82. The molecule has 0 spiro atoms. The number of nitrogens with one attached hydrogen (secondary N) is 1. The number of benzene rings is 4. The zero-order valence-corrected chi connectivity index (χ0v) is 18.2. The van der Waals surface area contributed by atoms with E-state index in [0.29, 0.717) is 22.1 Å². The molecule has 4 aromatic rings. The lowest BCUT2D eigenvalue weighted by Crippen LogP contribution is -2.24. The zero-order valence-electron chi connectivity index (χ0n) is 17.4. The summed E-state index contributed by atoms with van der Waals surface area (Å²) in [7, 11) is 0. The molecule has 0 aliphatic carbocycles. The summed E-state index contributed by atoms with van der Waals surface area (Å²) in [5, 5.41) is 6.46. The van der Waals surface area contributed by atoms with Gasteiger partial charge in [-0.3, -0.25) is 4.79 Å². The topological polar surface area (TPSA) is 77.0 Å². The largest absolute Gasteiger partial charge is 0.483 e. The maximum atomic E-state index is 12.1. The van der Waals surface area contributed by atoms with Gasteiger partial charge >= 0.3 is 5.97 Å². The molecule has 0 unspecified atom stereocenters. The lowest BCUT2D eigenvalue weighted by Gasteiger charge is -2.08. The van der Waals surface area contributed by atoms with Crippen LogP contribution in [0.3, 0.4) is 0 Å². The average molecular weight is 459 g/mol. The van der Waals surface area contributed by atoms with E-state index in [2.05, 4.69) is 10.5 Å². The molecule has 164 valence electrons. The van der Waals surface area contributed by atoms with E-state index in [1.807, 2.05) is 42.5 Å². The quantitative estimate of drug-likeness (QED) is 0.178. The standard InChI is InChI=1S/C26H19ClN2O4/c27-21-12-10-20(11-13-21)26(31)33-22-14-8-18(9-15-22)16-28-29-25(30)17-32-24-7-3-5-19-4-1-2-6-23(19)24/h1-16H,17H2,(H,29,30). The minimum absolute atomic E-state index is 0.162. The van der Waals surface area contributed by atoms with Crippen LogP contribution >= 0.6 is 11.6 Å². The summed E-state index contributed by atoms with van der Waals surface area (Å²) in [4.78, 5) is 24.2. The monoisotopic (exact) mass is 458 g/mol. The molecule has 0 saturated carbocycles. The van der Waals surface area contributed by atoms with Gasteiger partial charge in [0, 0.05) is 10.4 Å². The highest BCUT2D eigenvalue weighted by molar-refractivity contribution is 6.30. The fourth-order valence-corrected chi connectivity index (χ4v) is 3.18. The van der Waals surface area contributed by atoms with E-state index in [0.717, 1.165) is 16.3 Å². The van der Waals surface area contributed by atoms with Gasteiger partial charge in [0.25, 0.3) is 5.91 Å². The van der Waals surface area contributed by atoms with E-state index in [9.17, 15) is 9.59 Å². The smallest absolute Gasteiger partial charge is 0.343 e. The van der Waals surface area contributed by atoms with Crippen LogP contribution in [-0.2, 0) is 4.79 Å². The molecule has 0 aromatic heterocycles. The molecule has 0 saturated heterocycles. The summed E-state index contributed by atoms with van der Waals surface area (Å²) in [5.41, 5.74) is 3.55. The Bertz CT molecular complexity index is 1300. The van der Waals surface area contributed by atoms with Crippen molar-refractivity contribution in [1.82, 2.24) is 5.43 Å². The van der Waals surface area contributed by atoms with E-state index >= 15 is 0 Å². The number of hydrogen-bond acceptors (Lipinski definition) is 5. The first-order valence-corrected chi connectivity index (χ1v) is 10.5. The first kappa shape index (κ1) is 22.0. The second kappa shape index (κ2) is 10.4. The minimum atomic E-state index is -0.480. The number of ether oxygens (including phenoxy) is 2. The van der Waals surface area contributed by atoms with E-state index in [4.69, 9.17) is 21.1 Å². The van der Waals surface area contributed by atoms with Crippen molar-refractivity contribution in [2.24, 2.45) is 5.10 Å². The normalized spacial score (nSPS) is 10.8. The van der Waals surface area contributed by atoms with Crippen LogP contribution in [0.4, 0.5) is 0 Å². The molecule has 0 atom stereocenters. The summed E-state index contributed by atoms with van der Waals surface area (Å²) in [6.45, 7) is -0.162. The minimum Gasteiger partial charge on any atom is -0.483 e. The van der Waals surface area contributed by atoms with Gasteiger partial charge in [-0.05, 0) is 65.5 Å². The fourth-order valence-electron chi connectivity index (χ4n) is 3.05. The Hall–Kier alpha value is -4.16. The van der Waals surface area contributed by atoms with Crippen molar-refractivity contribution < 1.29 is 19.1 Å². The molecular weight excluding hydrogens is 440 g/mol. The number of hydrogen-bond donors (Lipinski definition) is 1. The molecule has 0 fully saturated rings. The summed E-state index contributed by atoms with van der Waals surface area (Å²) in [6, 6.07) is 26.6. The van der Waals surface area contributed by atoms with Crippen molar-refractivity contribution in [3.63, 3.8) is 0 Å². The highest BCUT2D eigenvalue weighted by Gasteiger charge is 2.08. The van der Waals surface area contributed by atoms with Gasteiger partial charge in [-0.2, -0.15) is 5.10 Å². The van der Waals surface area contributed by atoms with Gasteiger partial charge in [0.2, 0.25) is 0 Å². The van der Waals surface area contributed by atoms with Crippen molar-refractivity contribution in [3.05, 3.63) is 107 Å². The van der Waals surface area contributed by atoms with Gasteiger partial charge in [0.05, 0.1) is 11.8 Å². The molecule has 1 amide bonds. The number of rotatable bonds is 7. The van der Waals surface area contributed by atoms with Crippen LogP contribution in [-0.4, -0.2) is 24.7 Å². The Morgan fingerprint density at radius 1 is 0.879 bits per heavy atom. The molecular formula is C26H19ClN2O4. The van der Waals surface area contributed by atoms with E-state index in [1.54, 1.807) is 48.5 Å². The molecule has 6 nitrogen and oxygen atoms in total.